The third-order valence-corrected chi connectivity index (χ3v) is 4.15. The lowest BCUT2D eigenvalue weighted by molar-refractivity contribution is 0.0970. The Hall–Kier alpha value is -1.02. The lowest BCUT2D eigenvalue weighted by Crippen LogP contribution is -2.09. The molecule has 0 spiro atoms. The number of carbonyl (C=O) groups is 1. The SMILES string of the molecule is Nc1ccc(C(=O)CCC2CCCCC2)cc1Cl. The smallest absolute Gasteiger partial charge is 0.162 e. The second-order valence-electron chi connectivity index (χ2n) is 5.20. The molecule has 0 radical (unpaired) electrons. The Kier molecular flexibility index (Phi) is 4.65. The maximum atomic E-state index is 12.1. The first kappa shape index (κ1) is 13.4. The van der Waals surface area contributed by atoms with Crippen LogP contribution in [0.15, 0.2) is 18.2 Å². The molecule has 0 heterocycles. The van der Waals surface area contributed by atoms with Crippen molar-refractivity contribution >= 4 is 23.1 Å². The standard InChI is InChI=1S/C15H20ClNO/c16-13-10-12(7-8-14(13)17)15(18)9-6-11-4-2-1-3-5-11/h7-8,10-11H,1-6,9,17H2. The van der Waals surface area contributed by atoms with Gasteiger partial charge in [0.2, 0.25) is 0 Å². The van der Waals surface area contributed by atoms with Crippen molar-refractivity contribution in [1.29, 1.82) is 0 Å². The number of hydrogen-bond donors (Lipinski definition) is 1. The summed E-state index contributed by atoms with van der Waals surface area (Å²) in [6, 6.07) is 5.15. The van der Waals surface area contributed by atoms with Gasteiger partial charge in [-0.3, -0.25) is 4.79 Å². The Morgan fingerprint density at radius 3 is 2.67 bits per heavy atom. The van der Waals surface area contributed by atoms with E-state index in [9.17, 15) is 4.79 Å². The van der Waals surface area contributed by atoms with Crippen molar-refractivity contribution in [3.05, 3.63) is 28.8 Å². The van der Waals surface area contributed by atoms with Crippen LogP contribution < -0.4 is 5.73 Å². The van der Waals surface area contributed by atoms with E-state index in [2.05, 4.69) is 0 Å². The maximum absolute atomic E-state index is 12.1. The Morgan fingerprint density at radius 1 is 1.28 bits per heavy atom. The molecule has 0 saturated heterocycles. The number of nitrogen functional groups attached to an aromatic ring is 1. The lowest BCUT2D eigenvalue weighted by atomic mass is 9.85. The van der Waals surface area contributed by atoms with E-state index >= 15 is 0 Å². The zero-order valence-electron chi connectivity index (χ0n) is 10.6. The van der Waals surface area contributed by atoms with Crippen molar-refractivity contribution in [3.63, 3.8) is 0 Å². The summed E-state index contributed by atoms with van der Waals surface area (Å²) in [5.41, 5.74) is 6.85. The molecule has 18 heavy (non-hydrogen) atoms. The highest BCUT2D eigenvalue weighted by molar-refractivity contribution is 6.33. The number of Topliss-reactive ketones (excluding diaryl/α,β-unsaturated/α-hetero) is 1. The maximum Gasteiger partial charge on any atom is 0.162 e. The molecule has 0 amide bonds. The van der Waals surface area contributed by atoms with E-state index < -0.39 is 0 Å². The topological polar surface area (TPSA) is 43.1 Å². The van der Waals surface area contributed by atoms with Crippen LogP contribution in [0.25, 0.3) is 0 Å². The van der Waals surface area contributed by atoms with Crippen LogP contribution in [-0.2, 0) is 0 Å². The van der Waals surface area contributed by atoms with Gasteiger partial charge >= 0.3 is 0 Å². The number of carbonyl (C=O) groups excluding carboxylic acids is 1. The Labute approximate surface area is 114 Å². The predicted octanol–water partition coefficient (Wildman–Crippen LogP) is 4.47. The van der Waals surface area contributed by atoms with E-state index in [0.717, 1.165) is 12.3 Å². The van der Waals surface area contributed by atoms with Gasteiger partial charge in [-0.1, -0.05) is 43.7 Å². The second kappa shape index (κ2) is 6.24. The first-order chi connectivity index (χ1) is 8.66. The molecular weight excluding hydrogens is 246 g/mol. The van der Waals surface area contributed by atoms with Gasteiger partial charge in [0.05, 0.1) is 10.7 Å². The highest BCUT2D eigenvalue weighted by atomic mass is 35.5. The second-order valence-corrected chi connectivity index (χ2v) is 5.61. The molecule has 1 aromatic rings. The van der Waals surface area contributed by atoms with Crippen molar-refractivity contribution < 1.29 is 4.79 Å². The van der Waals surface area contributed by atoms with Gasteiger partial charge in [-0.25, -0.2) is 0 Å². The fourth-order valence-corrected chi connectivity index (χ4v) is 2.84. The molecule has 1 aliphatic carbocycles. The molecule has 2 N–H and O–H groups in total. The van der Waals surface area contributed by atoms with Gasteiger partial charge in [0.1, 0.15) is 0 Å². The largest absolute Gasteiger partial charge is 0.398 e. The minimum Gasteiger partial charge on any atom is -0.398 e. The molecule has 0 unspecified atom stereocenters. The summed E-state index contributed by atoms with van der Waals surface area (Å²) in [5.74, 6) is 0.925. The third kappa shape index (κ3) is 3.49. The molecule has 1 aromatic carbocycles. The van der Waals surface area contributed by atoms with Crippen LogP contribution in [0.2, 0.25) is 5.02 Å². The molecule has 0 bridgehead atoms. The van der Waals surface area contributed by atoms with E-state index in [4.69, 9.17) is 17.3 Å². The quantitative estimate of drug-likeness (QED) is 0.645. The zero-order valence-corrected chi connectivity index (χ0v) is 11.4. The molecule has 2 nitrogen and oxygen atoms in total. The summed E-state index contributed by atoms with van der Waals surface area (Å²) < 4.78 is 0. The van der Waals surface area contributed by atoms with Gasteiger partial charge in [0.15, 0.2) is 5.78 Å². The number of benzene rings is 1. The third-order valence-electron chi connectivity index (χ3n) is 3.83. The average molecular weight is 266 g/mol. The zero-order chi connectivity index (χ0) is 13.0. The summed E-state index contributed by atoms with van der Waals surface area (Å²) in [6.07, 6.45) is 8.23. The summed E-state index contributed by atoms with van der Waals surface area (Å²) in [4.78, 5) is 12.1. The van der Waals surface area contributed by atoms with E-state index in [0.29, 0.717) is 22.7 Å². The highest BCUT2D eigenvalue weighted by Crippen LogP contribution is 2.28. The van der Waals surface area contributed by atoms with Crippen molar-refractivity contribution in [2.75, 3.05) is 5.73 Å². The van der Waals surface area contributed by atoms with Crippen LogP contribution in [0.1, 0.15) is 55.3 Å². The van der Waals surface area contributed by atoms with Crippen LogP contribution in [0.4, 0.5) is 5.69 Å². The molecule has 98 valence electrons. The summed E-state index contributed by atoms with van der Waals surface area (Å²) in [6.45, 7) is 0. The van der Waals surface area contributed by atoms with E-state index in [1.807, 2.05) is 0 Å². The predicted molar refractivity (Wildman–Crippen MR) is 76.0 cm³/mol. The number of anilines is 1. The number of nitrogens with two attached hydrogens (primary N) is 1. The van der Waals surface area contributed by atoms with Crippen molar-refractivity contribution in [2.45, 2.75) is 44.9 Å². The van der Waals surface area contributed by atoms with Gasteiger partial charge in [0, 0.05) is 12.0 Å². The fraction of sp³-hybridized carbons (Fsp3) is 0.533. The van der Waals surface area contributed by atoms with E-state index in [-0.39, 0.29) is 5.78 Å². The molecule has 1 aliphatic rings. The number of ketones is 1. The average Bonchev–Trinajstić information content (AvgIpc) is 2.40. The molecule has 3 heteroatoms. The van der Waals surface area contributed by atoms with Crippen LogP contribution in [0, 0.1) is 5.92 Å². The minimum absolute atomic E-state index is 0.183. The van der Waals surface area contributed by atoms with Gasteiger partial charge < -0.3 is 5.73 Å². The van der Waals surface area contributed by atoms with E-state index in [1.54, 1.807) is 18.2 Å². The lowest BCUT2D eigenvalue weighted by Gasteiger charge is -2.20. The van der Waals surface area contributed by atoms with Crippen molar-refractivity contribution in [1.82, 2.24) is 0 Å². The van der Waals surface area contributed by atoms with Crippen LogP contribution in [0.5, 0.6) is 0 Å². The number of halogens is 1. The first-order valence-corrected chi connectivity index (χ1v) is 7.13. The molecule has 1 fully saturated rings. The molecule has 0 aliphatic heterocycles. The van der Waals surface area contributed by atoms with E-state index in [1.165, 1.54) is 32.1 Å². The number of hydrogen-bond acceptors (Lipinski definition) is 2. The molecule has 2 rings (SSSR count). The summed E-state index contributed by atoms with van der Waals surface area (Å²) >= 11 is 5.93. The summed E-state index contributed by atoms with van der Waals surface area (Å²) in [5, 5.41) is 0.471. The number of rotatable bonds is 4. The van der Waals surface area contributed by atoms with Gasteiger partial charge in [-0.05, 0) is 30.5 Å². The normalized spacial score (nSPS) is 16.7. The molecule has 0 atom stereocenters. The minimum atomic E-state index is 0.183. The van der Waals surface area contributed by atoms with Crippen molar-refractivity contribution in [3.8, 4) is 0 Å². The van der Waals surface area contributed by atoms with Crippen molar-refractivity contribution in [2.24, 2.45) is 5.92 Å². The fourth-order valence-electron chi connectivity index (χ4n) is 2.66. The molecular formula is C15H20ClNO. The van der Waals surface area contributed by atoms with Gasteiger partial charge in [-0.2, -0.15) is 0 Å². The van der Waals surface area contributed by atoms with Gasteiger partial charge in [0.25, 0.3) is 0 Å². The highest BCUT2D eigenvalue weighted by Gasteiger charge is 2.15. The Morgan fingerprint density at radius 2 is 2.00 bits per heavy atom. The van der Waals surface area contributed by atoms with Crippen LogP contribution >= 0.6 is 11.6 Å². The Balaban J connectivity index is 1.88. The van der Waals surface area contributed by atoms with Gasteiger partial charge in [-0.15, -0.1) is 0 Å². The van der Waals surface area contributed by atoms with Crippen LogP contribution in [-0.4, -0.2) is 5.78 Å². The summed E-state index contributed by atoms with van der Waals surface area (Å²) in [7, 11) is 0. The van der Waals surface area contributed by atoms with Crippen LogP contribution in [0.3, 0.4) is 0 Å². The molecule has 1 saturated carbocycles. The monoisotopic (exact) mass is 265 g/mol. The Bertz CT molecular complexity index is 425. The molecule has 0 aromatic heterocycles. The first-order valence-electron chi connectivity index (χ1n) is 6.75.